The largest absolute Gasteiger partial charge is 0.456 e. The van der Waals surface area contributed by atoms with E-state index in [1.165, 1.54) is 53.6 Å². The van der Waals surface area contributed by atoms with E-state index in [4.69, 9.17) is 4.42 Å². The topological polar surface area (TPSA) is 19.6 Å². The third-order valence-corrected chi connectivity index (χ3v) is 15.7. The Bertz CT molecular complexity index is 4040. The molecule has 4 heteroatoms. The summed E-state index contributed by atoms with van der Waals surface area (Å²) in [5, 5.41) is 4.67. The molecule has 0 unspecified atom stereocenters. The van der Waals surface area contributed by atoms with Crippen molar-refractivity contribution >= 4 is 87.6 Å². The van der Waals surface area contributed by atoms with Crippen LogP contribution < -0.4 is 9.80 Å². The molecule has 0 bridgehead atoms. The number of hydrogen-bond acceptors (Lipinski definition) is 4. The summed E-state index contributed by atoms with van der Waals surface area (Å²) in [5.41, 5.74) is 17.1. The van der Waals surface area contributed by atoms with Gasteiger partial charge in [0.15, 0.2) is 0 Å². The average molecular weight is 925 g/mol. The number of rotatable bonds is 9. The van der Waals surface area contributed by atoms with E-state index in [1.807, 2.05) is 17.4 Å². The fourth-order valence-corrected chi connectivity index (χ4v) is 12.7. The van der Waals surface area contributed by atoms with E-state index >= 15 is 0 Å². The van der Waals surface area contributed by atoms with Crippen molar-refractivity contribution in [1.82, 2.24) is 0 Å². The Morgan fingerprint density at radius 2 is 0.859 bits per heavy atom. The van der Waals surface area contributed by atoms with Crippen molar-refractivity contribution in [2.45, 2.75) is 5.41 Å². The monoisotopic (exact) mass is 924 g/mol. The van der Waals surface area contributed by atoms with Gasteiger partial charge in [0.25, 0.3) is 0 Å². The zero-order valence-electron chi connectivity index (χ0n) is 38.6. The Kier molecular flexibility index (Phi) is 9.61. The normalized spacial score (nSPS) is 12.6. The maximum absolute atomic E-state index is 6.53. The first-order valence-electron chi connectivity index (χ1n) is 24.2. The second kappa shape index (κ2) is 16.6. The fourth-order valence-electron chi connectivity index (χ4n) is 11.6. The highest BCUT2D eigenvalue weighted by Gasteiger charge is 2.47. The fraction of sp³-hybridized carbons (Fsp3) is 0.0149. The lowest BCUT2D eigenvalue weighted by Gasteiger charge is -2.35. The van der Waals surface area contributed by atoms with Crippen molar-refractivity contribution in [1.29, 1.82) is 0 Å². The molecular formula is C67H44N2OS. The Hall–Kier alpha value is -8.96. The lowest BCUT2D eigenvalue weighted by Crippen LogP contribution is -2.28. The Balaban J connectivity index is 1.13. The quantitative estimate of drug-likeness (QED) is 0.144. The molecule has 14 rings (SSSR count). The van der Waals surface area contributed by atoms with Gasteiger partial charge in [-0.2, -0.15) is 0 Å². The Labute approximate surface area is 416 Å². The van der Waals surface area contributed by atoms with E-state index in [1.54, 1.807) is 0 Å². The van der Waals surface area contributed by atoms with Crippen molar-refractivity contribution in [2.24, 2.45) is 0 Å². The maximum atomic E-state index is 6.53. The zero-order valence-corrected chi connectivity index (χ0v) is 39.4. The first-order valence-corrected chi connectivity index (χ1v) is 25.1. The molecule has 0 saturated heterocycles. The number of benzene rings is 11. The Morgan fingerprint density at radius 3 is 1.58 bits per heavy atom. The molecule has 0 atom stereocenters. The number of hydrogen-bond donors (Lipinski definition) is 0. The summed E-state index contributed by atoms with van der Waals surface area (Å²) in [7, 11) is 0. The van der Waals surface area contributed by atoms with E-state index in [0.29, 0.717) is 0 Å². The van der Waals surface area contributed by atoms with E-state index in [9.17, 15) is 0 Å². The van der Waals surface area contributed by atoms with E-state index < -0.39 is 5.41 Å². The number of furan rings is 1. The standard InChI is InChI=1S/C67H44N2OS/c1-5-21-46(22-6-1)67(47-23-7-2-8-24-47)56-32-16-13-31-53(56)66-57(67)33-19-34-60(66)69(50-40-41-62-54(44-50)51-29-14-17-37-61(51)70-62)59-36-20-35-58(68(48-25-9-3-10-26-48)49-27-11-4-12-28-49)65(59)45-39-42-64-55(43-45)52-30-15-18-38-63(52)71-64/h1-44H. The summed E-state index contributed by atoms with van der Waals surface area (Å²) in [6, 6.07) is 97.6. The minimum absolute atomic E-state index is 0.589. The van der Waals surface area contributed by atoms with Gasteiger partial charge in [0, 0.05) is 59.1 Å². The molecule has 11 aromatic carbocycles. The first-order chi connectivity index (χ1) is 35.2. The summed E-state index contributed by atoms with van der Waals surface area (Å²) >= 11 is 1.85. The average Bonchev–Trinajstić information content (AvgIpc) is 4.11. The van der Waals surface area contributed by atoms with Crippen molar-refractivity contribution in [3.63, 3.8) is 0 Å². The lowest BCUT2D eigenvalue weighted by atomic mass is 9.68. The number of para-hydroxylation sites is 3. The molecule has 71 heavy (non-hydrogen) atoms. The van der Waals surface area contributed by atoms with Crippen molar-refractivity contribution < 1.29 is 4.42 Å². The highest BCUT2D eigenvalue weighted by molar-refractivity contribution is 7.25. The molecule has 0 aliphatic heterocycles. The van der Waals surface area contributed by atoms with Crippen LogP contribution in [0.15, 0.2) is 271 Å². The van der Waals surface area contributed by atoms with Crippen LogP contribution in [0, 0.1) is 0 Å². The van der Waals surface area contributed by atoms with Crippen LogP contribution in [0.4, 0.5) is 34.1 Å². The zero-order chi connectivity index (χ0) is 46.9. The molecule has 2 aromatic heterocycles. The molecule has 0 amide bonds. The molecule has 3 nitrogen and oxygen atoms in total. The summed E-state index contributed by atoms with van der Waals surface area (Å²) < 4.78 is 9.08. The summed E-state index contributed by atoms with van der Waals surface area (Å²) in [6.07, 6.45) is 0. The van der Waals surface area contributed by atoms with E-state index in [2.05, 4.69) is 271 Å². The molecule has 2 heterocycles. The van der Waals surface area contributed by atoms with Gasteiger partial charge in [0.1, 0.15) is 11.2 Å². The van der Waals surface area contributed by atoms with Crippen molar-refractivity contribution in [3.05, 3.63) is 289 Å². The van der Waals surface area contributed by atoms with Gasteiger partial charge in [-0.25, -0.2) is 0 Å². The first kappa shape index (κ1) is 41.1. The van der Waals surface area contributed by atoms with Crippen LogP contribution in [-0.2, 0) is 5.41 Å². The Morgan fingerprint density at radius 1 is 0.324 bits per heavy atom. The highest BCUT2D eigenvalue weighted by Crippen LogP contribution is 2.60. The van der Waals surface area contributed by atoms with Crippen LogP contribution in [0.1, 0.15) is 22.3 Å². The summed E-state index contributed by atoms with van der Waals surface area (Å²) in [6.45, 7) is 0. The lowest BCUT2D eigenvalue weighted by molar-refractivity contribution is 0.669. The van der Waals surface area contributed by atoms with E-state index in [0.717, 1.165) is 67.2 Å². The van der Waals surface area contributed by atoms with Gasteiger partial charge in [-0.3, -0.25) is 0 Å². The summed E-state index contributed by atoms with van der Waals surface area (Å²) in [4.78, 5) is 4.95. The minimum atomic E-state index is -0.589. The second-order valence-electron chi connectivity index (χ2n) is 18.3. The molecule has 0 fully saturated rings. The van der Waals surface area contributed by atoms with Crippen molar-refractivity contribution in [2.75, 3.05) is 9.80 Å². The molecule has 334 valence electrons. The third kappa shape index (κ3) is 6.42. The van der Waals surface area contributed by atoms with Crippen LogP contribution in [0.2, 0.25) is 0 Å². The molecule has 0 N–H and O–H groups in total. The van der Waals surface area contributed by atoms with Crippen LogP contribution in [-0.4, -0.2) is 0 Å². The van der Waals surface area contributed by atoms with Gasteiger partial charge in [0.2, 0.25) is 0 Å². The molecule has 0 saturated carbocycles. The van der Waals surface area contributed by atoms with Crippen LogP contribution in [0.3, 0.4) is 0 Å². The number of nitrogens with zero attached hydrogens (tertiary/aromatic N) is 2. The van der Waals surface area contributed by atoms with Crippen LogP contribution in [0.25, 0.3) is 64.4 Å². The van der Waals surface area contributed by atoms with Gasteiger partial charge in [-0.05, 0) is 118 Å². The number of anilines is 6. The smallest absolute Gasteiger partial charge is 0.135 e. The van der Waals surface area contributed by atoms with Gasteiger partial charge >= 0.3 is 0 Å². The molecule has 13 aromatic rings. The maximum Gasteiger partial charge on any atom is 0.135 e. The van der Waals surface area contributed by atoms with Crippen LogP contribution >= 0.6 is 11.3 Å². The predicted molar refractivity (Wildman–Crippen MR) is 299 cm³/mol. The molecule has 0 spiro atoms. The van der Waals surface area contributed by atoms with Gasteiger partial charge in [-0.1, -0.05) is 182 Å². The highest BCUT2D eigenvalue weighted by atomic mass is 32.1. The molecule has 1 aliphatic carbocycles. The van der Waals surface area contributed by atoms with Crippen molar-refractivity contribution in [3.8, 4) is 22.3 Å². The molecular weight excluding hydrogens is 881 g/mol. The third-order valence-electron chi connectivity index (χ3n) is 14.5. The van der Waals surface area contributed by atoms with Crippen LogP contribution in [0.5, 0.6) is 0 Å². The van der Waals surface area contributed by atoms with Gasteiger partial charge < -0.3 is 14.2 Å². The van der Waals surface area contributed by atoms with E-state index in [-0.39, 0.29) is 0 Å². The van der Waals surface area contributed by atoms with Gasteiger partial charge in [-0.15, -0.1) is 11.3 Å². The minimum Gasteiger partial charge on any atom is -0.456 e. The summed E-state index contributed by atoms with van der Waals surface area (Å²) in [5.74, 6) is 0. The number of fused-ring (bicyclic) bond motifs is 9. The predicted octanol–water partition coefficient (Wildman–Crippen LogP) is 18.9. The molecule has 0 radical (unpaired) electrons. The SMILES string of the molecule is c1ccc(N(c2ccccc2)c2cccc(N(c3ccc4oc5ccccc5c4c3)c3cccc4c3-c3ccccc3C4(c3ccccc3)c3ccccc3)c2-c2ccc3sc4ccccc4c3c2)cc1. The van der Waals surface area contributed by atoms with Gasteiger partial charge in [0.05, 0.1) is 22.5 Å². The second-order valence-corrected chi connectivity index (χ2v) is 19.4. The molecule has 1 aliphatic rings. The number of thiophene rings is 1.